The van der Waals surface area contributed by atoms with Crippen molar-refractivity contribution in [1.82, 2.24) is 19.6 Å². The molecule has 0 unspecified atom stereocenters. The monoisotopic (exact) mass is 518 g/mol. The lowest BCUT2D eigenvalue weighted by Crippen LogP contribution is -2.46. The zero-order valence-corrected chi connectivity index (χ0v) is 19.4. The van der Waals surface area contributed by atoms with Crippen LogP contribution in [-0.2, 0) is 6.42 Å². The summed E-state index contributed by atoms with van der Waals surface area (Å²) >= 11 is 3.50. The van der Waals surface area contributed by atoms with Gasteiger partial charge in [-0.05, 0) is 52.2 Å². The zero-order valence-electron chi connectivity index (χ0n) is 17.8. The van der Waals surface area contributed by atoms with Crippen molar-refractivity contribution >= 4 is 39.5 Å². The molecule has 0 saturated heterocycles. The van der Waals surface area contributed by atoms with Crippen LogP contribution < -0.4 is 5.32 Å². The van der Waals surface area contributed by atoms with Crippen LogP contribution in [0.5, 0.6) is 0 Å². The quantitative estimate of drug-likeness (QED) is 0.371. The van der Waals surface area contributed by atoms with Crippen molar-refractivity contribution in [2.45, 2.75) is 12.5 Å². The van der Waals surface area contributed by atoms with E-state index in [4.69, 9.17) is 0 Å². The SMILES string of the molecule is O=C(O)N[C@@H](Cc1ccc(-c2cn3cccc(Br)c3n2)cc1)CN1C(=O)c2ccccc2C1=O. The summed E-state index contributed by atoms with van der Waals surface area (Å²) in [5.74, 6) is -0.822. The van der Waals surface area contributed by atoms with Crippen LogP contribution in [0.2, 0.25) is 0 Å². The van der Waals surface area contributed by atoms with E-state index < -0.39 is 23.9 Å². The predicted octanol–water partition coefficient (Wildman–Crippen LogP) is 4.24. The smallest absolute Gasteiger partial charge is 0.404 e. The van der Waals surface area contributed by atoms with Gasteiger partial charge in [0.15, 0.2) is 5.65 Å². The molecule has 1 aliphatic heterocycles. The number of amides is 3. The summed E-state index contributed by atoms with van der Waals surface area (Å²) in [6.45, 7) is -0.0547. The minimum Gasteiger partial charge on any atom is -0.465 e. The highest BCUT2D eigenvalue weighted by molar-refractivity contribution is 9.10. The molecule has 1 atom stereocenters. The van der Waals surface area contributed by atoms with E-state index in [1.165, 1.54) is 0 Å². The fourth-order valence-corrected chi connectivity index (χ4v) is 4.62. The van der Waals surface area contributed by atoms with Crippen LogP contribution in [0, 0.1) is 0 Å². The average molecular weight is 519 g/mol. The molecule has 3 amide bonds. The summed E-state index contributed by atoms with van der Waals surface area (Å²) in [5.41, 5.74) is 4.08. The Kier molecular flexibility index (Phi) is 5.62. The van der Waals surface area contributed by atoms with Gasteiger partial charge >= 0.3 is 6.09 Å². The van der Waals surface area contributed by atoms with Gasteiger partial charge in [0.25, 0.3) is 11.8 Å². The number of hydrogen-bond acceptors (Lipinski definition) is 4. The third-order valence-electron chi connectivity index (χ3n) is 5.78. The Balaban J connectivity index is 1.34. The van der Waals surface area contributed by atoms with Gasteiger partial charge in [-0.2, -0.15) is 0 Å². The maximum atomic E-state index is 12.7. The lowest BCUT2D eigenvalue weighted by molar-refractivity contribution is 0.0636. The first-order valence-corrected chi connectivity index (χ1v) is 11.4. The number of aromatic nitrogens is 2. The molecule has 4 aromatic rings. The van der Waals surface area contributed by atoms with Crippen LogP contribution >= 0.6 is 15.9 Å². The largest absolute Gasteiger partial charge is 0.465 e. The summed E-state index contributed by atoms with van der Waals surface area (Å²) < 4.78 is 2.83. The molecular formula is C25H19BrN4O4. The van der Waals surface area contributed by atoms with Gasteiger partial charge in [0.1, 0.15) is 0 Å². The summed E-state index contributed by atoms with van der Waals surface area (Å²) in [4.78, 5) is 42.6. The van der Waals surface area contributed by atoms with Crippen molar-refractivity contribution in [2.24, 2.45) is 0 Å². The third-order valence-corrected chi connectivity index (χ3v) is 6.39. The van der Waals surface area contributed by atoms with E-state index in [2.05, 4.69) is 26.2 Å². The number of carboxylic acid groups (broad SMARTS) is 1. The Morgan fingerprint density at radius 2 is 1.68 bits per heavy atom. The van der Waals surface area contributed by atoms with Crippen molar-refractivity contribution in [2.75, 3.05) is 6.54 Å². The normalized spacial score (nSPS) is 13.9. The Hall–Kier alpha value is -3.98. The van der Waals surface area contributed by atoms with Crippen molar-refractivity contribution in [3.8, 4) is 11.3 Å². The number of nitrogens with one attached hydrogen (secondary N) is 1. The van der Waals surface area contributed by atoms with Gasteiger partial charge in [-0.25, -0.2) is 9.78 Å². The number of rotatable bonds is 6. The predicted molar refractivity (Wildman–Crippen MR) is 129 cm³/mol. The molecule has 0 bridgehead atoms. The zero-order chi connectivity index (χ0) is 23.8. The van der Waals surface area contributed by atoms with Gasteiger partial charge in [0.2, 0.25) is 0 Å². The van der Waals surface area contributed by atoms with Gasteiger partial charge in [-0.1, -0.05) is 36.4 Å². The number of fused-ring (bicyclic) bond motifs is 2. The number of hydrogen-bond donors (Lipinski definition) is 2. The van der Waals surface area contributed by atoms with E-state index in [-0.39, 0.29) is 6.54 Å². The van der Waals surface area contributed by atoms with Gasteiger partial charge < -0.3 is 14.8 Å². The Morgan fingerprint density at radius 1 is 1.00 bits per heavy atom. The molecule has 170 valence electrons. The lowest BCUT2D eigenvalue weighted by Gasteiger charge is -2.22. The number of imidazole rings is 1. The van der Waals surface area contributed by atoms with E-state index >= 15 is 0 Å². The minimum atomic E-state index is -1.21. The first-order chi connectivity index (χ1) is 16.4. The molecule has 0 saturated carbocycles. The minimum absolute atomic E-state index is 0.0547. The highest BCUT2D eigenvalue weighted by Crippen LogP contribution is 2.25. The molecule has 0 radical (unpaired) electrons. The Labute approximate surface area is 203 Å². The average Bonchev–Trinajstić information content (AvgIpc) is 3.36. The number of benzene rings is 2. The lowest BCUT2D eigenvalue weighted by atomic mass is 10.0. The van der Waals surface area contributed by atoms with Crippen molar-refractivity contribution in [3.05, 3.63) is 94.2 Å². The van der Waals surface area contributed by atoms with Gasteiger partial charge in [-0.15, -0.1) is 0 Å². The van der Waals surface area contributed by atoms with Crippen LogP contribution in [0.25, 0.3) is 16.9 Å². The highest BCUT2D eigenvalue weighted by Gasteiger charge is 2.36. The second kappa shape index (κ2) is 8.75. The number of pyridine rings is 1. The summed E-state index contributed by atoms with van der Waals surface area (Å²) in [5, 5.41) is 11.8. The van der Waals surface area contributed by atoms with Crippen LogP contribution in [-0.4, -0.2) is 49.9 Å². The molecule has 2 N–H and O–H groups in total. The van der Waals surface area contributed by atoms with Gasteiger partial charge in [0, 0.05) is 18.0 Å². The molecule has 1 aliphatic rings. The maximum Gasteiger partial charge on any atom is 0.404 e. The number of nitrogens with zero attached hydrogens (tertiary/aromatic N) is 3. The van der Waals surface area contributed by atoms with E-state index in [0.717, 1.165) is 31.8 Å². The van der Waals surface area contributed by atoms with Gasteiger partial charge in [0.05, 0.1) is 33.9 Å². The Morgan fingerprint density at radius 3 is 2.29 bits per heavy atom. The molecule has 2 aromatic carbocycles. The van der Waals surface area contributed by atoms with Crippen LogP contribution in [0.15, 0.2) is 77.5 Å². The fraction of sp³-hybridized carbons (Fsp3) is 0.120. The standard InChI is InChI=1S/C25H19BrN4O4/c26-20-6-3-11-29-14-21(28-22(20)29)16-9-7-15(8-10-16)12-17(27-25(33)34)13-30-23(31)18-4-1-2-5-19(18)24(30)32/h1-11,14,17,27H,12-13H2,(H,33,34)/t17-/m0/s1. The molecular weight excluding hydrogens is 500 g/mol. The first-order valence-electron chi connectivity index (χ1n) is 10.6. The van der Waals surface area contributed by atoms with Crippen LogP contribution in [0.4, 0.5) is 4.79 Å². The maximum absolute atomic E-state index is 12.7. The molecule has 9 heteroatoms. The number of carbonyl (C=O) groups excluding carboxylic acids is 2. The third kappa shape index (κ3) is 4.06. The fourth-order valence-electron chi connectivity index (χ4n) is 4.18. The van der Waals surface area contributed by atoms with E-state index in [9.17, 15) is 19.5 Å². The number of carbonyl (C=O) groups is 3. The van der Waals surface area contributed by atoms with Crippen molar-refractivity contribution < 1.29 is 19.5 Å². The molecule has 5 rings (SSSR count). The molecule has 0 spiro atoms. The molecule has 3 heterocycles. The summed E-state index contributed by atoms with van der Waals surface area (Å²) in [6, 6.07) is 17.4. The molecule has 2 aromatic heterocycles. The topological polar surface area (TPSA) is 104 Å². The molecule has 0 fully saturated rings. The van der Waals surface area contributed by atoms with Crippen molar-refractivity contribution in [3.63, 3.8) is 0 Å². The van der Waals surface area contributed by atoms with Crippen LogP contribution in [0.3, 0.4) is 0 Å². The van der Waals surface area contributed by atoms with Crippen molar-refractivity contribution in [1.29, 1.82) is 0 Å². The first kappa shape index (κ1) is 21.8. The van der Waals surface area contributed by atoms with E-state index in [1.54, 1.807) is 24.3 Å². The number of halogens is 1. The molecule has 8 nitrogen and oxygen atoms in total. The summed E-state index contributed by atoms with van der Waals surface area (Å²) in [7, 11) is 0. The molecule has 34 heavy (non-hydrogen) atoms. The van der Waals surface area contributed by atoms with E-state index in [0.29, 0.717) is 17.5 Å². The van der Waals surface area contributed by atoms with E-state index in [1.807, 2.05) is 53.2 Å². The summed E-state index contributed by atoms with van der Waals surface area (Å²) in [6.07, 6.45) is 2.96. The van der Waals surface area contributed by atoms with Gasteiger partial charge in [-0.3, -0.25) is 14.5 Å². The number of imide groups is 1. The second-order valence-electron chi connectivity index (χ2n) is 8.03. The molecule has 0 aliphatic carbocycles. The Bertz CT molecular complexity index is 1400. The highest BCUT2D eigenvalue weighted by atomic mass is 79.9. The second-order valence-corrected chi connectivity index (χ2v) is 8.88. The van der Waals surface area contributed by atoms with Crippen LogP contribution in [0.1, 0.15) is 26.3 Å².